The summed E-state index contributed by atoms with van der Waals surface area (Å²) in [6.45, 7) is 0. The molecule has 0 saturated heterocycles. The smallest absolute Gasteiger partial charge is 0.142 e. The van der Waals surface area contributed by atoms with Crippen LogP contribution < -0.4 is 5.32 Å². The molecule has 1 aromatic carbocycles. The fourth-order valence-electron chi connectivity index (χ4n) is 1.80. The van der Waals surface area contributed by atoms with Crippen LogP contribution in [0.15, 0.2) is 36.9 Å². The van der Waals surface area contributed by atoms with Gasteiger partial charge in [0.05, 0.1) is 5.02 Å². The lowest BCUT2D eigenvalue weighted by Gasteiger charge is -2.16. The van der Waals surface area contributed by atoms with Crippen molar-refractivity contribution < 1.29 is 4.39 Å². The monoisotopic (exact) mass is 265 g/mol. The highest BCUT2D eigenvalue weighted by atomic mass is 35.5. The molecule has 0 radical (unpaired) electrons. The van der Waals surface area contributed by atoms with Gasteiger partial charge in [0, 0.05) is 24.0 Å². The lowest BCUT2D eigenvalue weighted by atomic mass is 10.0. The average molecular weight is 266 g/mol. The number of likely N-dealkylation sites (N-methyl/N-ethyl adjacent to an activating group) is 1. The Morgan fingerprint density at radius 3 is 2.72 bits per heavy atom. The molecule has 1 aromatic heterocycles. The first-order valence-corrected chi connectivity index (χ1v) is 5.95. The number of halogens is 2. The normalized spacial score (nSPS) is 12.4. The van der Waals surface area contributed by atoms with E-state index in [1.807, 2.05) is 13.1 Å². The Morgan fingerprint density at radius 1 is 1.33 bits per heavy atom. The zero-order chi connectivity index (χ0) is 13.0. The topological polar surface area (TPSA) is 37.8 Å². The molecule has 0 amide bonds. The maximum absolute atomic E-state index is 13.4. The zero-order valence-corrected chi connectivity index (χ0v) is 10.7. The third-order valence-corrected chi connectivity index (χ3v) is 3.21. The first-order valence-electron chi connectivity index (χ1n) is 5.57. The van der Waals surface area contributed by atoms with Crippen LogP contribution in [0.25, 0.3) is 0 Å². The van der Waals surface area contributed by atoms with E-state index in [0.717, 1.165) is 11.1 Å². The first kappa shape index (κ1) is 12.9. The van der Waals surface area contributed by atoms with Crippen LogP contribution in [-0.4, -0.2) is 17.0 Å². The number of nitrogens with one attached hydrogen (secondary N) is 1. The highest BCUT2D eigenvalue weighted by Crippen LogP contribution is 2.24. The Kier molecular flexibility index (Phi) is 4.23. The minimum absolute atomic E-state index is 0.00509. The molecule has 1 unspecified atom stereocenters. The molecule has 0 saturated carbocycles. The predicted molar refractivity (Wildman–Crippen MR) is 68.9 cm³/mol. The number of aromatic nitrogens is 2. The largest absolute Gasteiger partial charge is 0.313 e. The highest BCUT2D eigenvalue weighted by Gasteiger charge is 2.14. The molecular formula is C13H13ClFN3. The van der Waals surface area contributed by atoms with Crippen LogP contribution in [0.2, 0.25) is 5.02 Å². The molecule has 1 atom stereocenters. The zero-order valence-electron chi connectivity index (χ0n) is 9.90. The van der Waals surface area contributed by atoms with Gasteiger partial charge >= 0.3 is 0 Å². The maximum Gasteiger partial charge on any atom is 0.142 e. The van der Waals surface area contributed by atoms with E-state index in [2.05, 4.69) is 15.3 Å². The lowest BCUT2D eigenvalue weighted by Crippen LogP contribution is -2.19. The molecule has 0 aliphatic rings. The van der Waals surface area contributed by atoms with Crippen LogP contribution in [-0.2, 0) is 6.42 Å². The van der Waals surface area contributed by atoms with Gasteiger partial charge < -0.3 is 5.32 Å². The number of hydrogen-bond donors (Lipinski definition) is 1. The Labute approximate surface area is 110 Å². The fraction of sp³-hybridized carbons (Fsp3) is 0.231. The van der Waals surface area contributed by atoms with Gasteiger partial charge in [-0.15, -0.1) is 0 Å². The van der Waals surface area contributed by atoms with E-state index in [1.54, 1.807) is 18.5 Å². The van der Waals surface area contributed by atoms with Crippen molar-refractivity contribution in [1.82, 2.24) is 15.3 Å². The standard InChI is InChI=1S/C13H13ClFN3/c1-16-12(10-6-17-8-18-7-10)5-9-3-2-4-11(15)13(9)14/h2-4,6-8,12,16H,5H2,1H3. The second kappa shape index (κ2) is 5.89. The molecule has 94 valence electrons. The van der Waals surface area contributed by atoms with Crippen molar-refractivity contribution >= 4 is 11.6 Å². The number of benzene rings is 1. The average Bonchev–Trinajstić information content (AvgIpc) is 2.41. The first-order chi connectivity index (χ1) is 8.72. The summed E-state index contributed by atoms with van der Waals surface area (Å²) in [6, 6.07) is 4.83. The molecule has 0 aliphatic heterocycles. The van der Waals surface area contributed by atoms with E-state index in [9.17, 15) is 4.39 Å². The fourth-order valence-corrected chi connectivity index (χ4v) is 2.01. The summed E-state index contributed by atoms with van der Waals surface area (Å²) in [7, 11) is 1.84. The summed E-state index contributed by atoms with van der Waals surface area (Å²) in [5.41, 5.74) is 1.71. The predicted octanol–water partition coefficient (Wildman–Crippen LogP) is 2.77. The summed E-state index contributed by atoms with van der Waals surface area (Å²) in [5.74, 6) is -0.395. The van der Waals surface area contributed by atoms with E-state index >= 15 is 0 Å². The van der Waals surface area contributed by atoms with Gasteiger partial charge in [-0.3, -0.25) is 0 Å². The molecule has 18 heavy (non-hydrogen) atoms. The van der Waals surface area contributed by atoms with Crippen molar-refractivity contribution in [2.75, 3.05) is 7.05 Å². The molecule has 3 nitrogen and oxygen atoms in total. The summed E-state index contributed by atoms with van der Waals surface area (Å²) >= 11 is 5.95. The van der Waals surface area contributed by atoms with E-state index < -0.39 is 5.82 Å². The SMILES string of the molecule is CNC(Cc1cccc(F)c1Cl)c1cncnc1. The minimum Gasteiger partial charge on any atom is -0.313 e. The Morgan fingerprint density at radius 2 is 2.06 bits per heavy atom. The highest BCUT2D eigenvalue weighted by molar-refractivity contribution is 6.31. The van der Waals surface area contributed by atoms with Gasteiger partial charge in [0.25, 0.3) is 0 Å². The van der Waals surface area contributed by atoms with Crippen molar-refractivity contribution in [3.8, 4) is 0 Å². The van der Waals surface area contributed by atoms with E-state index in [-0.39, 0.29) is 11.1 Å². The third kappa shape index (κ3) is 2.83. The van der Waals surface area contributed by atoms with Crippen LogP contribution in [0, 0.1) is 5.82 Å². The molecule has 0 aliphatic carbocycles. The van der Waals surface area contributed by atoms with Crippen molar-refractivity contribution in [2.24, 2.45) is 0 Å². The Bertz CT molecular complexity index is 519. The molecular weight excluding hydrogens is 253 g/mol. The van der Waals surface area contributed by atoms with Crippen LogP contribution >= 0.6 is 11.6 Å². The number of nitrogens with zero attached hydrogens (tertiary/aromatic N) is 2. The van der Waals surface area contributed by atoms with Gasteiger partial charge in [-0.1, -0.05) is 23.7 Å². The van der Waals surface area contributed by atoms with E-state index in [1.165, 1.54) is 12.4 Å². The molecule has 0 bridgehead atoms. The third-order valence-electron chi connectivity index (χ3n) is 2.79. The molecule has 2 aromatic rings. The van der Waals surface area contributed by atoms with E-state index in [4.69, 9.17) is 11.6 Å². The van der Waals surface area contributed by atoms with Crippen LogP contribution in [0.1, 0.15) is 17.2 Å². The molecule has 0 spiro atoms. The molecule has 2 rings (SSSR count). The Balaban J connectivity index is 2.24. The quantitative estimate of drug-likeness (QED) is 0.924. The van der Waals surface area contributed by atoms with Gasteiger partial charge in [-0.2, -0.15) is 0 Å². The van der Waals surface area contributed by atoms with Gasteiger partial charge in [0.1, 0.15) is 12.1 Å². The van der Waals surface area contributed by atoms with Gasteiger partial charge in [0.15, 0.2) is 0 Å². The van der Waals surface area contributed by atoms with Crippen LogP contribution in [0.3, 0.4) is 0 Å². The van der Waals surface area contributed by atoms with Crippen molar-refractivity contribution in [3.05, 3.63) is 58.9 Å². The number of rotatable bonds is 4. The summed E-state index contributed by atoms with van der Waals surface area (Å²) < 4.78 is 13.4. The van der Waals surface area contributed by atoms with Crippen LogP contribution in [0.4, 0.5) is 4.39 Å². The second-order valence-corrected chi connectivity index (χ2v) is 4.31. The van der Waals surface area contributed by atoms with Gasteiger partial charge in [-0.25, -0.2) is 14.4 Å². The molecule has 5 heteroatoms. The number of hydrogen-bond acceptors (Lipinski definition) is 3. The maximum atomic E-state index is 13.4. The van der Waals surface area contributed by atoms with Crippen LogP contribution in [0.5, 0.6) is 0 Å². The molecule has 1 heterocycles. The summed E-state index contributed by atoms with van der Waals surface area (Å²) in [6.07, 6.45) is 5.54. The lowest BCUT2D eigenvalue weighted by molar-refractivity contribution is 0.580. The van der Waals surface area contributed by atoms with Crippen molar-refractivity contribution in [2.45, 2.75) is 12.5 Å². The summed E-state index contributed by atoms with van der Waals surface area (Å²) in [5, 5.41) is 3.33. The van der Waals surface area contributed by atoms with Crippen molar-refractivity contribution in [3.63, 3.8) is 0 Å². The molecule has 1 N–H and O–H groups in total. The van der Waals surface area contributed by atoms with E-state index in [0.29, 0.717) is 6.42 Å². The van der Waals surface area contributed by atoms with Crippen molar-refractivity contribution in [1.29, 1.82) is 0 Å². The Hall–Kier alpha value is -1.52. The van der Waals surface area contributed by atoms with Gasteiger partial charge in [-0.05, 0) is 25.1 Å². The molecule has 0 fully saturated rings. The summed E-state index contributed by atoms with van der Waals surface area (Å²) in [4.78, 5) is 7.95. The minimum atomic E-state index is -0.395. The van der Waals surface area contributed by atoms with Gasteiger partial charge in [0.2, 0.25) is 0 Å². The second-order valence-electron chi connectivity index (χ2n) is 3.93.